The second-order valence-electron chi connectivity index (χ2n) is 3.12. The number of hydrogen-bond donors (Lipinski definition) is 0. The highest BCUT2D eigenvalue weighted by atomic mass is 35.5. The van der Waals surface area contributed by atoms with Gasteiger partial charge in [0.2, 0.25) is 0 Å². The topological polar surface area (TPSA) is 35.0 Å². The van der Waals surface area contributed by atoms with Crippen LogP contribution < -0.4 is 4.74 Å². The number of benzene rings is 1. The number of ether oxygens (including phenoxy) is 1. The standard InChI is InChI=1S/C10H3Cl5N2O/c11-4-1-6(13)7(2-5(4)12)18-8-3-9(14)16-17-10(8)15/h1-3H. The Morgan fingerprint density at radius 2 is 1.39 bits per heavy atom. The molecule has 0 aliphatic carbocycles. The summed E-state index contributed by atoms with van der Waals surface area (Å²) in [6, 6.07) is 4.34. The van der Waals surface area contributed by atoms with Crippen molar-refractivity contribution in [2.45, 2.75) is 0 Å². The van der Waals surface area contributed by atoms with Crippen molar-refractivity contribution in [2.75, 3.05) is 0 Å². The molecule has 0 radical (unpaired) electrons. The molecule has 0 aliphatic rings. The zero-order valence-corrected chi connectivity index (χ0v) is 12.2. The van der Waals surface area contributed by atoms with E-state index in [1.54, 1.807) is 0 Å². The van der Waals surface area contributed by atoms with Crippen molar-refractivity contribution in [1.82, 2.24) is 10.2 Å². The fraction of sp³-hybridized carbons (Fsp3) is 0. The first kappa shape index (κ1) is 14.0. The minimum Gasteiger partial charge on any atom is -0.452 e. The Labute approximate surface area is 128 Å². The minimum atomic E-state index is 0.0570. The van der Waals surface area contributed by atoms with Gasteiger partial charge in [-0.2, -0.15) is 0 Å². The van der Waals surface area contributed by atoms with Crippen LogP contribution in [0.4, 0.5) is 0 Å². The molecule has 1 aromatic heterocycles. The van der Waals surface area contributed by atoms with Crippen LogP contribution in [0.5, 0.6) is 11.5 Å². The molecule has 0 N–H and O–H groups in total. The zero-order chi connectivity index (χ0) is 13.3. The van der Waals surface area contributed by atoms with E-state index >= 15 is 0 Å². The average Bonchev–Trinajstić information content (AvgIpc) is 2.30. The minimum absolute atomic E-state index is 0.0570. The summed E-state index contributed by atoms with van der Waals surface area (Å²) in [4.78, 5) is 0. The third-order valence-corrected chi connectivity index (χ3v) is 3.35. The van der Waals surface area contributed by atoms with E-state index in [1.165, 1.54) is 18.2 Å². The summed E-state index contributed by atoms with van der Waals surface area (Å²) in [5, 5.41) is 8.28. The van der Waals surface area contributed by atoms with Crippen LogP contribution in [-0.2, 0) is 0 Å². The summed E-state index contributed by atoms with van der Waals surface area (Å²) in [7, 11) is 0. The van der Waals surface area contributed by atoms with Gasteiger partial charge < -0.3 is 4.74 Å². The molecule has 0 saturated heterocycles. The molecule has 0 fully saturated rings. The summed E-state index contributed by atoms with van der Waals surface area (Å²) < 4.78 is 5.46. The Bertz CT molecular complexity index is 605. The second-order valence-corrected chi connectivity index (χ2v) is 5.09. The number of halogens is 5. The molecule has 3 nitrogen and oxygen atoms in total. The largest absolute Gasteiger partial charge is 0.452 e. The quantitative estimate of drug-likeness (QED) is 0.671. The highest BCUT2D eigenvalue weighted by Gasteiger charge is 2.12. The van der Waals surface area contributed by atoms with E-state index in [1.807, 2.05) is 0 Å². The molecule has 0 unspecified atom stereocenters. The van der Waals surface area contributed by atoms with E-state index in [-0.39, 0.29) is 26.8 Å². The molecule has 94 valence electrons. The van der Waals surface area contributed by atoms with Gasteiger partial charge in [0.1, 0.15) is 5.75 Å². The molecule has 2 rings (SSSR count). The lowest BCUT2D eigenvalue weighted by atomic mass is 10.3. The highest BCUT2D eigenvalue weighted by molar-refractivity contribution is 6.43. The molecule has 0 amide bonds. The molecule has 1 heterocycles. The maximum atomic E-state index is 5.96. The predicted octanol–water partition coefficient (Wildman–Crippen LogP) is 5.54. The Hall–Kier alpha value is -0.450. The molecule has 0 saturated carbocycles. The van der Waals surface area contributed by atoms with E-state index < -0.39 is 0 Å². The monoisotopic (exact) mass is 342 g/mol. The second kappa shape index (κ2) is 5.68. The molecule has 0 atom stereocenters. The molecule has 0 bridgehead atoms. The van der Waals surface area contributed by atoms with Crippen molar-refractivity contribution in [3.63, 3.8) is 0 Å². The van der Waals surface area contributed by atoms with Crippen molar-refractivity contribution in [3.8, 4) is 11.5 Å². The molecule has 1 aromatic carbocycles. The first-order chi connectivity index (χ1) is 8.47. The van der Waals surface area contributed by atoms with E-state index in [4.69, 9.17) is 62.7 Å². The molecule has 0 spiro atoms. The number of aromatic nitrogens is 2. The first-order valence-corrected chi connectivity index (χ1v) is 6.37. The lowest BCUT2D eigenvalue weighted by Crippen LogP contribution is -1.91. The van der Waals surface area contributed by atoms with Gasteiger partial charge in [-0.1, -0.05) is 58.0 Å². The molecule has 0 aliphatic heterocycles. The average molecular weight is 344 g/mol. The van der Waals surface area contributed by atoms with Crippen molar-refractivity contribution in [3.05, 3.63) is 43.6 Å². The van der Waals surface area contributed by atoms with Gasteiger partial charge in [-0.05, 0) is 6.07 Å². The van der Waals surface area contributed by atoms with Crippen molar-refractivity contribution >= 4 is 58.0 Å². The van der Waals surface area contributed by atoms with Gasteiger partial charge >= 0.3 is 0 Å². The molecular formula is C10H3Cl5N2O. The third kappa shape index (κ3) is 3.11. The van der Waals surface area contributed by atoms with Gasteiger partial charge in [0.25, 0.3) is 0 Å². The molecule has 18 heavy (non-hydrogen) atoms. The van der Waals surface area contributed by atoms with Crippen LogP contribution in [0.3, 0.4) is 0 Å². The molecule has 8 heteroatoms. The normalized spacial score (nSPS) is 10.5. The lowest BCUT2D eigenvalue weighted by molar-refractivity contribution is 0.479. The van der Waals surface area contributed by atoms with Crippen LogP contribution in [0.15, 0.2) is 18.2 Å². The van der Waals surface area contributed by atoms with E-state index in [2.05, 4.69) is 10.2 Å². The molecular weight excluding hydrogens is 341 g/mol. The van der Waals surface area contributed by atoms with Crippen LogP contribution in [-0.4, -0.2) is 10.2 Å². The van der Waals surface area contributed by atoms with Crippen LogP contribution in [0.2, 0.25) is 25.4 Å². The zero-order valence-electron chi connectivity index (χ0n) is 8.42. The summed E-state index contributed by atoms with van der Waals surface area (Å²) >= 11 is 29.1. The van der Waals surface area contributed by atoms with Gasteiger partial charge in [-0.25, -0.2) is 0 Å². The van der Waals surface area contributed by atoms with Crippen molar-refractivity contribution in [1.29, 1.82) is 0 Å². The Morgan fingerprint density at radius 3 is 2.11 bits per heavy atom. The van der Waals surface area contributed by atoms with Crippen molar-refractivity contribution < 1.29 is 4.74 Å². The Balaban J connectivity index is 2.40. The summed E-state index contributed by atoms with van der Waals surface area (Å²) in [5.41, 5.74) is 0. The Kier molecular flexibility index (Phi) is 4.41. The smallest absolute Gasteiger partial charge is 0.194 e. The number of rotatable bonds is 2. The van der Waals surface area contributed by atoms with E-state index in [0.717, 1.165) is 0 Å². The lowest BCUT2D eigenvalue weighted by Gasteiger charge is -2.09. The van der Waals surface area contributed by atoms with E-state index in [0.29, 0.717) is 10.0 Å². The van der Waals surface area contributed by atoms with Crippen LogP contribution in [0, 0.1) is 0 Å². The van der Waals surface area contributed by atoms with Crippen LogP contribution in [0.1, 0.15) is 0 Å². The maximum Gasteiger partial charge on any atom is 0.194 e. The molecule has 2 aromatic rings. The summed E-state index contributed by atoms with van der Waals surface area (Å²) in [5.74, 6) is 0.508. The predicted molar refractivity (Wildman–Crippen MR) is 73.6 cm³/mol. The maximum absolute atomic E-state index is 5.96. The van der Waals surface area contributed by atoms with Crippen LogP contribution in [0.25, 0.3) is 0 Å². The first-order valence-electron chi connectivity index (χ1n) is 4.48. The van der Waals surface area contributed by atoms with Gasteiger partial charge in [-0.3, -0.25) is 0 Å². The van der Waals surface area contributed by atoms with Crippen molar-refractivity contribution in [2.24, 2.45) is 0 Å². The summed E-state index contributed by atoms with van der Waals surface area (Å²) in [6.45, 7) is 0. The van der Waals surface area contributed by atoms with E-state index in [9.17, 15) is 0 Å². The number of nitrogens with zero attached hydrogens (tertiary/aromatic N) is 2. The van der Waals surface area contributed by atoms with Gasteiger partial charge in [0, 0.05) is 12.1 Å². The number of hydrogen-bond acceptors (Lipinski definition) is 3. The highest BCUT2D eigenvalue weighted by Crippen LogP contribution is 2.38. The summed E-state index contributed by atoms with van der Waals surface area (Å²) in [6.07, 6.45) is 0. The fourth-order valence-electron chi connectivity index (χ4n) is 1.11. The van der Waals surface area contributed by atoms with Gasteiger partial charge in [0.15, 0.2) is 16.1 Å². The van der Waals surface area contributed by atoms with Gasteiger partial charge in [-0.15, -0.1) is 10.2 Å². The van der Waals surface area contributed by atoms with Crippen LogP contribution >= 0.6 is 58.0 Å². The fourth-order valence-corrected chi connectivity index (χ4v) is 1.95. The SMILES string of the molecule is Clc1cc(Oc2cc(Cl)c(Cl)cc2Cl)c(Cl)nn1. The van der Waals surface area contributed by atoms with Gasteiger partial charge in [0.05, 0.1) is 15.1 Å². The third-order valence-electron chi connectivity index (χ3n) is 1.88. The Morgan fingerprint density at radius 1 is 0.722 bits per heavy atom.